The van der Waals surface area contributed by atoms with Gasteiger partial charge in [-0.05, 0) is 33.6 Å². The predicted octanol–water partition coefficient (Wildman–Crippen LogP) is 3.55. The van der Waals surface area contributed by atoms with Crippen LogP contribution in [0.3, 0.4) is 0 Å². The van der Waals surface area contributed by atoms with Gasteiger partial charge in [-0.1, -0.05) is 24.2 Å². The number of fused-ring (bicyclic) bond motifs is 1. The molecule has 0 saturated carbocycles. The number of hydrogen-bond donors (Lipinski definition) is 1. The van der Waals surface area contributed by atoms with Crippen molar-refractivity contribution < 1.29 is 33.0 Å². The maximum atomic E-state index is 13.3. The van der Waals surface area contributed by atoms with Crippen LogP contribution in [-0.4, -0.2) is 38.8 Å². The summed E-state index contributed by atoms with van der Waals surface area (Å²) >= 11 is 3.53. The normalized spacial score (nSPS) is 19.0. The van der Waals surface area contributed by atoms with Crippen LogP contribution in [0.25, 0.3) is 0 Å². The minimum absolute atomic E-state index is 0.0332. The summed E-state index contributed by atoms with van der Waals surface area (Å²) in [5, 5.41) is 7.83. The van der Waals surface area contributed by atoms with Crippen LogP contribution in [0.15, 0.2) is 39.0 Å². The summed E-state index contributed by atoms with van der Waals surface area (Å²) in [6.07, 6.45) is 0.664. The minimum Gasteiger partial charge on any atom is -0.492 e. The van der Waals surface area contributed by atoms with Crippen LogP contribution in [0.1, 0.15) is 24.2 Å². The van der Waals surface area contributed by atoms with E-state index in [0.717, 1.165) is 0 Å². The summed E-state index contributed by atoms with van der Waals surface area (Å²) < 4.78 is 35.9. The number of carbonyl (C=O) groups is 1. The van der Waals surface area contributed by atoms with Crippen LogP contribution < -0.4 is 24.4 Å². The summed E-state index contributed by atoms with van der Waals surface area (Å²) in [6, 6.07) is 5.82. The number of halogens is 2. The van der Waals surface area contributed by atoms with Gasteiger partial charge in [0.05, 0.1) is 36.4 Å². The van der Waals surface area contributed by atoms with Crippen molar-refractivity contribution in [2.24, 2.45) is 16.2 Å². The summed E-state index contributed by atoms with van der Waals surface area (Å²) in [5.74, 6) is 0.185. The van der Waals surface area contributed by atoms with Gasteiger partial charge in [0.1, 0.15) is 5.82 Å². The highest BCUT2D eigenvalue weighted by Crippen LogP contribution is 2.57. The second kappa shape index (κ2) is 9.03. The summed E-state index contributed by atoms with van der Waals surface area (Å²) in [6.45, 7) is 1.82. The zero-order valence-corrected chi connectivity index (χ0v) is 18.9. The van der Waals surface area contributed by atoms with E-state index in [2.05, 4.69) is 31.6 Å². The van der Waals surface area contributed by atoms with E-state index in [-0.39, 0.29) is 12.5 Å². The predicted molar refractivity (Wildman–Crippen MR) is 116 cm³/mol. The first-order valence-electron chi connectivity index (χ1n) is 9.51. The number of nitrogens with zero attached hydrogens (tertiary/aromatic N) is 2. The van der Waals surface area contributed by atoms with E-state index in [4.69, 9.17) is 23.8 Å². The molecule has 32 heavy (non-hydrogen) atoms. The molecule has 9 nitrogen and oxygen atoms in total. The van der Waals surface area contributed by atoms with Gasteiger partial charge < -0.3 is 23.8 Å². The van der Waals surface area contributed by atoms with Crippen molar-refractivity contribution in [2.75, 3.05) is 21.0 Å². The highest BCUT2D eigenvalue weighted by molar-refractivity contribution is 9.10. The minimum atomic E-state index is -0.671. The molecule has 2 aliphatic rings. The third-order valence-corrected chi connectivity index (χ3v) is 5.80. The van der Waals surface area contributed by atoms with Crippen molar-refractivity contribution in [3.05, 3.63) is 45.7 Å². The molecule has 1 amide bonds. The van der Waals surface area contributed by atoms with Gasteiger partial charge in [-0.25, -0.2) is 9.82 Å². The fourth-order valence-electron chi connectivity index (χ4n) is 3.49. The smallest absolute Gasteiger partial charge is 0.289 e. The number of hydrogen-bond acceptors (Lipinski definition) is 8. The van der Waals surface area contributed by atoms with Gasteiger partial charge in [0.25, 0.3) is 5.91 Å². The topological polar surface area (TPSA) is 100.0 Å². The number of amides is 1. The van der Waals surface area contributed by atoms with Gasteiger partial charge in [-0.3, -0.25) is 4.79 Å². The summed E-state index contributed by atoms with van der Waals surface area (Å²) in [5.41, 5.74) is 3.59. The number of oxime groups is 1. The number of ether oxygens (including phenoxy) is 4. The van der Waals surface area contributed by atoms with Crippen molar-refractivity contribution in [3.8, 4) is 23.0 Å². The van der Waals surface area contributed by atoms with Crippen molar-refractivity contribution in [3.63, 3.8) is 0 Å². The lowest BCUT2D eigenvalue weighted by Gasteiger charge is -2.22. The molecule has 0 unspecified atom stereocenters. The van der Waals surface area contributed by atoms with Crippen LogP contribution in [0, 0.1) is 11.7 Å². The van der Waals surface area contributed by atoms with Crippen LogP contribution in [-0.2, 0) is 9.63 Å². The van der Waals surface area contributed by atoms with Crippen LogP contribution in [0.5, 0.6) is 23.0 Å². The zero-order chi connectivity index (χ0) is 22.8. The average Bonchev–Trinajstić information content (AvgIpc) is 3.41. The number of rotatable bonds is 6. The highest BCUT2D eigenvalue weighted by Gasteiger charge is 2.42. The molecule has 1 N–H and O–H groups in total. The second-order valence-electron chi connectivity index (χ2n) is 6.90. The van der Waals surface area contributed by atoms with Crippen LogP contribution >= 0.6 is 15.9 Å². The Balaban J connectivity index is 1.56. The number of methoxy groups -OCH3 is 2. The highest BCUT2D eigenvalue weighted by atomic mass is 79.9. The van der Waals surface area contributed by atoms with Crippen molar-refractivity contribution in [1.29, 1.82) is 0 Å². The Bertz CT molecular complexity index is 1120. The first-order valence-corrected chi connectivity index (χ1v) is 10.3. The quantitative estimate of drug-likeness (QED) is 0.474. The van der Waals surface area contributed by atoms with E-state index >= 15 is 0 Å². The second-order valence-corrected chi connectivity index (χ2v) is 7.70. The average molecular weight is 508 g/mol. The summed E-state index contributed by atoms with van der Waals surface area (Å²) in [7, 11) is 2.98. The molecule has 11 heteroatoms. The lowest BCUT2D eigenvalue weighted by molar-refractivity contribution is -0.115. The molecular weight excluding hydrogens is 489 g/mol. The molecule has 168 valence electrons. The number of nitrogens with one attached hydrogen (secondary N) is 1. The Morgan fingerprint density at radius 3 is 2.75 bits per heavy atom. The third kappa shape index (κ3) is 3.83. The molecular formula is C21H19BrFN3O6. The SMILES string of the molecule is COc1c2c(c(Br)c([C@H]3ON=C(C(=O)N/N=C\c4cccc(F)c4)[C@@H]3C)c1OC)OCO2. The monoisotopic (exact) mass is 507 g/mol. The van der Waals surface area contributed by atoms with Crippen molar-refractivity contribution in [2.45, 2.75) is 13.0 Å². The standard InChI is InChI=1S/C21H19BrFN3O6/c1-10-15(21(27)25-24-8-11-5-4-6-12(23)7-11)26-32-16(10)13-14(22)18-20(31-9-30-18)19(29-3)17(13)28-2/h4-8,10,16H,9H2,1-3H3,(H,25,27)/b24-8-/t10-,16-/m0/s1. The zero-order valence-electron chi connectivity index (χ0n) is 17.3. The van der Waals surface area contributed by atoms with Crippen LogP contribution in [0.2, 0.25) is 0 Å². The Hall–Kier alpha value is -3.34. The van der Waals surface area contributed by atoms with Gasteiger partial charge in [-0.15, -0.1) is 0 Å². The van der Waals surface area contributed by atoms with E-state index in [1.54, 1.807) is 19.1 Å². The molecule has 2 aliphatic heterocycles. The molecule has 2 aromatic rings. The Kier molecular flexibility index (Phi) is 6.17. The fraction of sp³-hybridized carbons (Fsp3) is 0.286. The van der Waals surface area contributed by atoms with Gasteiger partial charge in [0, 0.05) is 0 Å². The Labute approximate surface area is 191 Å². The van der Waals surface area contributed by atoms with Crippen LogP contribution in [0.4, 0.5) is 4.39 Å². The molecule has 0 aliphatic carbocycles. The molecule has 2 atom stereocenters. The maximum Gasteiger partial charge on any atom is 0.289 e. The molecule has 0 fully saturated rings. The molecule has 0 spiro atoms. The Morgan fingerprint density at radius 2 is 2.03 bits per heavy atom. The molecule has 0 radical (unpaired) electrons. The first kappa shape index (κ1) is 21.9. The largest absolute Gasteiger partial charge is 0.492 e. The Morgan fingerprint density at radius 1 is 1.28 bits per heavy atom. The third-order valence-electron chi connectivity index (χ3n) is 5.01. The first-order chi connectivity index (χ1) is 15.5. The maximum absolute atomic E-state index is 13.3. The van der Waals surface area contributed by atoms with E-state index < -0.39 is 23.7 Å². The van der Waals surface area contributed by atoms with Crippen molar-refractivity contribution in [1.82, 2.24) is 5.43 Å². The van der Waals surface area contributed by atoms with Gasteiger partial charge in [0.2, 0.25) is 18.3 Å². The van der Waals surface area contributed by atoms with E-state index in [1.165, 1.54) is 32.6 Å². The molecule has 2 heterocycles. The lowest BCUT2D eigenvalue weighted by atomic mass is 9.92. The van der Waals surface area contributed by atoms with E-state index in [1.807, 2.05) is 0 Å². The molecule has 0 bridgehead atoms. The van der Waals surface area contributed by atoms with Gasteiger partial charge in [0.15, 0.2) is 23.3 Å². The lowest BCUT2D eigenvalue weighted by Crippen LogP contribution is -2.31. The molecule has 0 aromatic heterocycles. The number of hydrazone groups is 1. The molecule has 4 rings (SSSR count). The summed E-state index contributed by atoms with van der Waals surface area (Å²) in [4.78, 5) is 18.2. The fourth-order valence-corrected chi connectivity index (χ4v) is 4.19. The van der Waals surface area contributed by atoms with Crippen molar-refractivity contribution >= 4 is 33.8 Å². The van der Waals surface area contributed by atoms with E-state index in [0.29, 0.717) is 38.6 Å². The molecule has 0 saturated heterocycles. The van der Waals surface area contributed by atoms with E-state index in [9.17, 15) is 9.18 Å². The van der Waals surface area contributed by atoms with Gasteiger partial charge >= 0.3 is 0 Å². The van der Waals surface area contributed by atoms with Gasteiger partial charge in [-0.2, -0.15) is 5.10 Å². The molecule has 2 aromatic carbocycles. The number of benzene rings is 2. The number of carbonyl (C=O) groups excluding carboxylic acids is 1.